The second-order valence-electron chi connectivity index (χ2n) is 11.9. The maximum Gasteiger partial charge on any atom is 0.223 e. The van der Waals surface area contributed by atoms with Crippen LogP contribution in [0.1, 0.15) is 42.4 Å². The van der Waals surface area contributed by atoms with E-state index in [9.17, 15) is 13.6 Å². The number of halogens is 3. The van der Waals surface area contributed by atoms with Crippen molar-refractivity contribution in [2.45, 2.75) is 56.8 Å². The lowest BCUT2D eigenvalue weighted by atomic mass is 9.78. The second kappa shape index (κ2) is 13.7. The molecule has 2 aliphatic heterocycles. The molecule has 0 spiro atoms. The van der Waals surface area contributed by atoms with Gasteiger partial charge >= 0.3 is 0 Å². The Hall–Kier alpha value is -3.46. The highest BCUT2D eigenvalue weighted by atomic mass is 35.5. The van der Waals surface area contributed by atoms with Gasteiger partial charge in [0.2, 0.25) is 5.91 Å². The van der Waals surface area contributed by atoms with Gasteiger partial charge in [0.05, 0.1) is 13.7 Å². The summed E-state index contributed by atoms with van der Waals surface area (Å²) in [7, 11) is 1.66. The second-order valence-corrected chi connectivity index (χ2v) is 12.3. The van der Waals surface area contributed by atoms with E-state index in [-0.39, 0.29) is 41.3 Å². The van der Waals surface area contributed by atoms with Crippen LogP contribution in [0.25, 0.3) is 5.57 Å². The van der Waals surface area contributed by atoms with Gasteiger partial charge in [-0.3, -0.25) is 4.79 Å². The van der Waals surface area contributed by atoms with Crippen LogP contribution in [0, 0.1) is 17.6 Å². The summed E-state index contributed by atoms with van der Waals surface area (Å²) in [5.74, 6) is -0.601. The third-order valence-electron chi connectivity index (χ3n) is 8.76. The van der Waals surface area contributed by atoms with Crippen LogP contribution in [0.15, 0.2) is 66.7 Å². The number of hydrogen-bond donors (Lipinski definition) is 2. The number of benzene rings is 3. The minimum absolute atomic E-state index is 0.0447. The number of nitrogens with one attached hydrogen (secondary N) is 2. The number of hydrogen-bond acceptors (Lipinski definition) is 5. The summed E-state index contributed by atoms with van der Waals surface area (Å²) in [6.07, 6.45) is 6.15. The van der Waals surface area contributed by atoms with Crippen molar-refractivity contribution in [1.29, 1.82) is 0 Å². The number of rotatable bonds is 12. The van der Waals surface area contributed by atoms with Gasteiger partial charge in [-0.15, -0.1) is 0 Å². The first-order valence-corrected chi connectivity index (χ1v) is 15.7. The highest BCUT2D eigenvalue weighted by molar-refractivity contribution is 6.32. The lowest BCUT2D eigenvalue weighted by Gasteiger charge is -2.42. The van der Waals surface area contributed by atoms with Crippen LogP contribution in [0.3, 0.4) is 0 Å². The highest BCUT2D eigenvalue weighted by Gasteiger charge is 2.39. The Labute approximate surface area is 262 Å². The first-order valence-electron chi connectivity index (χ1n) is 15.4. The van der Waals surface area contributed by atoms with Crippen LogP contribution in [-0.2, 0) is 17.8 Å². The van der Waals surface area contributed by atoms with Crippen LogP contribution in [-0.4, -0.2) is 55.7 Å². The number of piperazine rings is 1. The fourth-order valence-electron chi connectivity index (χ4n) is 6.31. The number of carbonyl (C=O) groups excluding carboxylic acids is 1. The van der Waals surface area contributed by atoms with Crippen LogP contribution >= 0.6 is 11.6 Å². The quantitative estimate of drug-likeness (QED) is 0.187. The molecule has 3 aliphatic rings. The van der Waals surface area contributed by atoms with Crippen molar-refractivity contribution < 1.29 is 23.0 Å². The molecule has 1 saturated carbocycles. The van der Waals surface area contributed by atoms with Gasteiger partial charge in [0.1, 0.15) is 16.6 Å². The predicted octanol–water partition coefficient (Wildman–Crippen LogP) is 6.16. The molecule has 0 unspecified atom stereocenters. The molecule has 2 fully saturated rings. The van der Waals surface area contributed by atoms with Crippen molar-refractivity contribution in [2.24, 2.45) is 5.92 Å². The number of amides is 1. The van der Waals surface area contributed by atoms with Crippen LogP contribution in [0.5, 0.6) is 11.5 Å². The van der Waals surface area contributed by atoms with E-state index in [4.69, 9.17) is 21.1 Å². The van der Waals surface area contributed by atoms with Crippen molar-refractivity contribution in [1.82, 2.24) is 15.5 Å². The number of fused-ring (bicyclic) bond motifs is 2. The largest absolute Gasteiger partial charge is 0.497 e. The van der Waals surface area contributed by atoms with Gasteiger partial charge in [-0.2, -0.15) is 0 Å². The maximum atomic E-state index is 14.0. The van der Waals surface area contributed by atoms with E-state index in [1.807, 2.05) is 18.2 Å². The lowest BCUT2D eigenvalue weighted by Crippen LogP contribution is -2.60. The Balaban J connectivity index is 1.12. The van der Waals surface area contributed by atoms with Gasteiger partial charge in [-0.1, -0.05) is 54.1 Å². The standard InChI is InChI=1S/C35H38ClF2N3O3/c1-43-27-6-2-4-23(16-27)21-41(26-11-12-26)33(42)18-29-28(17-25-19-39-20-32(29)40-25)24-9-7-22(8-10-24)5-3-15-44-35-31(38)14-13-30(37)34(35)36/h2,4,6-10,13-14,16-17,25-26,29,32,39-40H,3,5,11-12,15,18-21H2,1H3/t25-,29-,32-/m1/s1. The van der Waals surface area contributed by atoms with E-state index in [2.05, 4.69) is 51.9 Å². The first-order chi connectivity index (χ1) is 21.4. The fourth-order valence-corrected chi connectivity index (χ4v) is 6.52. The highest BCUT2D eigenvalue weighted by Crippen LogP contribution is 2.37. The molecule has 1 amide bonds. The summed E-state index contributed by atoms with van der Waals surface area (Å²) in [4.78, 5) is 16.0. The number of methoxy groups -OCH3 is 1. The van der Waals surface area contributed by atoms with E-state index in [0.29, 0.717) is 31.8 Å². The van der Waals surface area contributed by atoms with Gasteiger partial charge in [-0.05, 0) is 72.2 Å². The van der Waals surface area contributed by atoms with Gasteiger partial charge in [0, 0.05) is 50.1 Å². The molecule has 2 bridgehead atoms. The summed E-state index contributed by atoms with van der Waals surface area (Å²) in [5, 5.41) is 6.92. The smallest absolute Gasteiger partial charge is 0.223 e. The Bertz CT molecular complexity index is 1510. The summed E-state index contributed by atoms with van der Waals surface area (Å²) in [6, 6.07) is 19.1. The third kappa shape index (κ3) is 7.09. The van der Waals surface area contributed by atoms with E-state index >= 15 is 0 Å². The Morgan fingerprint density at radius 1 is 1.02 bits per heavy atom. The van der Waals surface area contributed by atoms with Crippen LogP contribution in [0.4, 0.5) is 8.78 Å². The Morgan fingerprint density at radius 2 is 1.82 bits per heavy atom. The molecule has 3 aromatic carbocycles. The average molecular weight is 622 g/mol. The molecule has 44 heavy (non-hydrogen) atoms. The average Bonchev–Trinajstić information content (AvgIpc) is 3.89. The molecule has 3 atom stereocenters. The molecule has 232 valence electrons. The molecule has 6 rings (SSSR count). The zero-order valence-corrected chi connectivity index (χ0v) is 25.6. The minimum atomic E-state index is -0.706. The van der Waals surface area contributed by atoms with E-state index < -0.39 is 11.6 Å². The normalized spacial score (nSPS) is 21.0. The van der Waals surface area contributed by atoms with Crippen molar-refractivity contribution in [3.63, 3.8) is 0 Å². The van der Waals surface area contributed by atoms with Crippen molar-refractivity contribution in [2.75, 3.05) is 26.8 Å². The Morgan fingerprint density at radius 3 is 2.59 bits per heavy atom. The molecule has 1 saturated heterocycles. The van der Waals surface area contributed by atoms with Crippen molar-refractivity contribution in [3.05, 3.63) is 100 Å². The predicted molar refractivity (Wildman–Crippen MR) is 168 cm³/mol. The molecular formula is C35H38ClF2N3O3. The number of carbonyl (C=O) groups is 1. The summed E-state index contributed by atoms with van der Waals surface area (Å²) < 4.78 is 38.5. The van der Waals surface area contributed by atoms with Gasteiger partial charge in [0.15, 0.2) is 11.6 Å². The molecule has 3 aromatic rings. The van der Waals surface area contributed by atoms with Crippen LogP contribution in [0.2, 0.25) is 5.02 Å². The van der Waals surface area contributed by atoms with E-state index in [0.717, 1.165) is 60.5 Å². The lowest BCUT2D eigenvalue weighted by molar-refractivity contribution is -0.133. The van der Waals surface area contributed by atoms with E-state index in [1.54, 1.807) is 7.11 Å². The topological polar surface area (TPSA) is 62.8 Å². The zero-order chi connectivity index (χ0) is 30.6. The summed E-state index contributed by atoms with van der Waals surface area (Å²) in [5.41, 5.74) is 4.54. The van der Waals surface area contributed by atoms with Crippen molar-refractivity contribution in [3.8, 4) is 11.5 Å². The van der Waals surface area contributed by atoms with Crippen molar-refractivity contribution >= 4 is 23.1 Å². The van der Waals surface area contributed by atoms with Crippen LogP contribution < -0.4 is 20.1 Å². The minimum Gasteiger partial charge on any atom is -0.497 e. The fraction of sp³-hybridized carbons (Fsp3) is 0.400. The monoisotopic (exact) mass is 621 g/mol. The van der Waals surface area contributed by atoms with E-state index in [1.165, 1.54) is 5.57 Å². The number of ether oxygens (including phenoxy) is 2. The third-order valence-corrected chi connectivity index (χ3v) is 9.11. The molecule has 1 aliphatic carbocycles. The molecule has 0 aromatic heterocycles. The maximum absolute atomic E-state index is 14.0. The first kappa shape index (κ1) is 30.6. The Kier molecular flexibility index (Phi) is 9.50. The molecule has 2 N–H and O–H groups in total. The molecule has 9 heteroatoms. The molecule has 6 nitrogen and oxygen atoms in total. The van der Waals surface area contributed by atoms with Gasteiger partial charge in [0.25, 0.3) is 0 Å². The summed E-state index contributed by atoms with van der Waals surface area (Å²) in [6.45, 7) is 2.48. The number of aryl methyl sites for hydroxylation is 1. The molecular weight excluding hydrogens is 584 g/mol. The SMILES string of the molecule is COc1cccc(CN(C(=O)C[C@@H]2C(c3ccc(CCCOc4c(F)ccc(F)c4Cl)cc3)=C[C@@H]3CNC[C@H]2N3)C2CC2)c1. The zero-order valence-electron chi connectivity index (χ0n) is 24.8. The van der Waals surface area contributed by atoms with Gasteiger partial charge in [-0.25, -0.2) is 8.78 Å². The molecule has 0 radical (unpaired) electrons. The number of nitrogens with zero attached hydrogens (tertiary/aromatic N) is 1. The molecule has 2 heterocycles. The van der Waals surface area contributed by atoms with Gasteiger partial charge < -0.3 is 25.0 Å². The summed E-state index contributed by atoms with van der Waals surface area (Å²) >= 11 is 5.87.